The molecule has 0 spiro atoms. The van der Waals surface area contributed by atoms with Crippen molar-refractivity contribution in [2.24, 2.45) is 0 Å². The maximum Gasteiger partial charge on any atom is 0.270 e. The highest BCUT2D eigenvalue weighted by Gasteiger charge is 2.17. The third kappa shape index (κ3) is 5.10. The summed E-state index contributed by atoms with van der Waals surface area (Å²) < 4.78 is 6.66. The van der Waals surface area contributed by atoms with Crippen LogP contribution in [-0.4, -0.2) is 22.8 Å². The summed E-state index contributed by atoms with van der Waals surface area (Å²) in [5.41, 5.74) is 0.389. The van der Waals surface area contributed by atoms with Crippen LogP contribution >= 0.6 is 27.7 Å². The Kier molecular flexibility index (Phi) is 7.71. The highest BCUT2D eigenvalue weighted by atomic mass is 79.9. The number of halogens is 1. The van der Waals surface area contributed by atoms with Gasteiger partial charge in [-0.25, -0.2) is 4.98 Å². The Bertz CT molecular complexity index is 915. The van der Waals surface area contributed by atoms with Gasteiger partial charge < -0.3 is 9.72 Å². The predicted octanol–water partition coefficient (Wildman–Crippen LogP) is 4.26. The second kappa shape index (κ2) is 10.0. The molecule has 1 N–H and O–H groups in total. The Labute approximate surface area is 164 Å². The summed E-state index contributed by atoms with van der Waals surface area (Å²) in [6.07, 6.45) is 4.92. The van der Waals surface area contributed by atoms with Crippen molar-refractivity contribution in [2.75, 3.05) is 12.9 Å². The van der Waals surface area contributed by atoms with Crippen LogP contribution in [0.4, 0.5) is 0 Å². The first-order valence-corrected chi connectivity index (χ1v) is 10.0. The third-order valence-corrected chi connectivity index (χ3v) is 4.66. The van der Waals surface area contributed by atoms with E-state index in [-0.39, 0.29) is 5.56 Å². The number of nitriles is 2. The topological polar surface area (TPSA) is 103 Å². The van der Waals surface area contributed by atoms with Gasteiger partial charge >= 0.3 is 0 Å². The van der Waals surface area contributed by atoms with Crippen molar-refractivity contribution in [3.63, 3.8) is 0 Å². The minimum atomic E-state index is -0.468. The van der Waals surface area contributed by atoms with Gasteiger partial charge in [-0.3, -0.25) is 4.79 Å². The summed E-state index contributed by atoms with van der Waals surface area (Å²) in [5.74, 6) is 0.565. The molecule has 6 nitrogen and oxygen atoms in total. The van der Waals surface area contributed by atoms with Crippen LogP contribution in [0.1, 0.15) is 31.2 Å². The smallest absolute Gasteiger partial charge is 0.270 e. The Hall–Kier alpha value is -2.29. The number of unbranched alkanes of at least 4 members (excludes halogenated alkanes) is 3. The average molecular weight is 433 g/mol. The van der Waals surface area contributed by atoms with Crippen molar-refractivity contribution < 1.29 is 4.74 Å². The lowest BCUT2D eigenvalue weighted by Crippen LogP contribution is -2.15. The summed E-state index contributed by atoms with van der Waals surface area (Å²) in [5, 5.41) is 18.4. The van der Waals surface area contributed by atoms with E-state index in [0.29, 0.717) is 35.2 Å². The maximum absolute atomic E-state index is 12.2. The van der Waals surface area contributed by atoms with Crippen LogP contribution in [0.2, 0.25) is 0 Å². The molecular weight excluding hydrogens is 416 g/mol. The molecule has 0 fully saturated rings. The summed E-state index contributed by atoms with van der Waals surface area (Å²) in [6, 6.07) is 9.47. The number of hydrogen-bond acceptors (Lipinski definition) is 6. The number of benzene rings is 1. The van der Waals surface area contributed by atoms with Gasteiger partial charge in [0.05, 0.1) is 12.7 Å². The van der Waals surface area contributed by atoms with Gasteiger partial charge in [0.15, 0.2) is 5.16 Å². The number of H-pyrrole nitrogens is 1. The van der Waals surface area contributed by atoms with Gasteiger partial charge in [0.25, 0.3) is 5.56 Å². The molecule has 0 aliphatic heterocycles. The molecule has 2 rings (SSSR count). The van der Waals surface area contributed by atoms with E-state index in [0.717, 1.165) is 23.7 Å². The van der Waals surface area contributed by atoms with Crippen LogP contribution in [0.25, 0.3) is 11.3 Å². The lowest BCUT2D eigenvalue weighted by molar-refractivity contribution is 0.306. The van der Waals surface area contributed by atoms with Crippen LogP contribution in [0.3, 0.4) is 0 Å². The number of rotatable bonds is 8. The minimum absolute atomic E-state index is 0.0419. The molecule has 1 aromatic carbocycles. The molecule has 1 heterocycles. The number of hydrogen-bond donors (Lipinski definition) is 1. The summed E-state index contributed by atoms with van der Waals surface area (Å²) in [4.78, 5) is 19.2. The number of aromatic nitrogens is 2. The third-order valence-electron chi connectivity index (χ3n) is 3.59. The predicted molar refractivity (Wildman–Crippen MR) is 104 cm³/mol. The van der Waals surface area contributed by atoms with Crippen molar-refractivity contribution in [1.29, 1.82) is 10.5 Å². The molecule has 0 unspecified atom stereocenters. The van der Waals surface area contributed by atoms with Gasteiger partial charge in [-0.2, -0.15) is 10.5 Å². The van der Waals surface area contributed by atoms with Crippen molar-refractivity contribution >= 4 is 27.7 Å². The largest absolute Gasteiger partial charge is 0.493 e. The normalized spacial score (nSPS) is 10.2. The van der Waals surface area contributed by atoms with E-state index in [9.17, 15) is 10.1 Å². The van der Waals surface area contributed by atoms with E-state index in [1.807, 2.05) is 12.1 Å². The quantitative estimate of drug-likeness (QED) is 0.379. The van der Waals surface area contributed by atoms with Crippen LogP contribution in [0.15, 0.2) is 32.6 Å². The van der Waals surface area contributed by atoms with Gasteiger partial charge in [0.1, 0.15) is 23.1 Å². The first-order valence-electron chi connectivity index (χ1n) is 7.98. The zero-order chi connectivity index (χ0) is 18.9. The fraction of sp³-hybridized carbons (Fsp3) is 0.333. The molecule has 0 bridgehead atoms. The van der Waals surface area contributed by atoms with Crippen molar-refractivity contribution in [2.45, 2.75) is 30.8 Å². The number of ether oxygens (including phenoxy) is 1. The standard InChI is InChI=1S/C18H17BrN4O2S/c1-26-18-22-16(14(11-21)17(24)23-18)13-10-12(19)6-7-15(13)25-9-5-3-2-4-8-20/h6-7,10H,2-5,9H2,1H3,(H,22,23,24). The fourth-order valence-corrected chi connectivity index (χ4v) is 3.06. The number of thioether (sulfide) groups is 1. The Morgan fingerprint density at radius 3 is 2.81 bits per heavy atom. The van der Waals surface area contributed by atoms with Crippen molar-refractivity contribution in [1.82, 2.24) is 9.97 Å². The van der Waals surface area contributed by atoms with Crippen LogP contribution in [-0.2, 0) is 0 Å². The Balaban J connectivity index is 2.34. The van der Waals surface area contributed by atoms with Crippen molar-refractivity contribution in [3.05, 3.63) is 38.6 Å². The molecule has 0 amide bonds. The molecular formula is C18H17BrN4O2S. The van der Waals surface area contributed by atoms with Crippen LogP contribution < -0.4 is 10.3 Å². The van der Waals surface area contributed by atoms with Crippen LogP contribution in [0, 0.1) is 22.7 Å². The lowest BCUT2D eigenvalue weighted by Gasteiger charge is -2.13. The number of aromatic amines is 1. The highest BCUT2D eigenvalue weighted by molar-refractivity contribution is 9.10. The Morgan fingerprint density at radius 2 is 2.12 bits per heavy atom. The zero-order valence-corrected chi connectivity index (χ0v) is 16.6. The SMILES string of the molecule is CSc1nc(-c2cc(Br)ccc2OCCCCCC#N)c(C#N)c(=O)[nH]1. The highest BCUT2D eigenvalue weighted by Crippen LogP contribution is 2.33. The van der Waals surface area contributed by atoms with E-state index >= 15 is 0 Å². The Morgan fingerprint density at radius 1 is 1.31 bits per heavy atom. The molecule has 26 heavy (non-hydrogen) atoms. The van der Waals surface area contributed by atoms with Crippen LogP contribution in [0.5, 0.6) is 5.75 Å². The molecule has 0 aliphatic rings. The van der Waals surface area contributed by atoms with E-state index in [2.05, 4.69) is 32.0 Å². The van der Waals surface area contributed by atoms with E-state index in [1.54, 1.807) is 18.4 Å². The van der Waals surface area contributed by atoms with Gasteiger partial charge in [-0.1, -0.05) is 27.7 Å². The molecule has 8 heteroatoms. The second-order valence-electron chi connectivity index (χ2n) is 5.37. The molecule has 0 atom stereocenters. The molecule has 0 saturated heterocycles. The zero-order valence-electron chi connectivity index (χ0n) is 14.2. The molecule has 1 aromatic heterocycles. The number of nitrogens with one attached hydrogen (secondary N) is 1. The first kappa shape index (κ1) is 20.0. The first-order chi connectivity index (χ1) is 12.6. The molecule has 0 radical (unpaired) electrons. The number of nitrogens with zero attached hydrogens (tertiary/aromatic N) is 3. The molecule has 0 aliphatic carbocycles. The summed E-state index contributed by atoms with van der Waals surface area (Å²) >= 11 is 4.71. The maximum atomic E-state index is 12.2. The molecule has 2 aromatic rings. The average Bonchev–Trinajstić information content (AvgIpc) is 2.64. The second-order valence-corrected chi connectivity index (χ2v) is 7.08. The minimum Gasteiger partial charge on any atom is -0.493 e. The van der Waals surface area contributed by atoms with E-state index in [4.69, 9.17) is 10.00 Å². The summed E-state index contributed by atoms with van der Waals surface area (Å²) in [6.45, 7) is 0.487. The van der Waals surface area contributed by atoms with Gasteiger partial charge in [-0.05, 0) is 43.7 Å². The van der Waals surface area contributed by atoms with E-state index in [1.165, 1.54) is 11.8 Å². The lowest BCUT2D eigenvalue weighted by atomic mass is 10.1. The van der Waals surface area contributed by atoms with E-state index < -0.39 is 5.56 Å². The fourth-order valence-electron chi connectivity index (χ4n) is 2.33. The van der Waals surface area contributed by atoms with Crippen molar-refractivity contribution in [3.8, 4) is 29.1 Å². The monoisotopic (exact) mass is 432 g/mol. The van der Waals surface area contributed by atoms with Gasteiger partial charge in [-0.15, -0.1) is 0 Å². The molecule has 0 saturated carbocycles. The van der Waals surface area contributed by atoms with Gasteiger partial charge in [0, 0.05) is 16.5 Å². The molecule has 134 valence electrons. The summed E-state index contributed by atoms with van der Waals surface area (Å²) in [7, 11) is 0. The van der Waals surface area contributed by atoms with Gasteiger partial charge in [0.2, 0.25) is 0 Å².